The van der Waals surface area contributed by atoms with Crippen molar-refractivity contribution in [3.05, 3.63) is 46.1 Å². The summed E-state index contributed by atoms with van der Waals surface area (Å²) in [7, 11) is 0. The topological polar surface area (TPSA) is 86.6 Å². The van der Waals surface area contributed by atoms with Gasteiger partial charge in [-0.15, -0.1) is 10.2 Å². The van der Waals surface area contributed by atoms with Crippen LogP contribution >= 0.6 is 11.6 Å². The van der Waals surface area contributed by atoms with E-state index in [-0.39, 0.29) is 33.5 Å². The average molecular weight is 312 g/mol. The van der Waals surface area contributed by atoms with Crippen LogP contribution in [-0.4, -0.2) is 17.4 Å². The summed E-state index contributed by atoms with van der Waals surface area (Å²) in [5, 5.41) is 17.9. The number of guanidine groups is 1. The molecule has 0 saturated carbocycles. The van der Waals surface area contributed by atoms with Gasteiger partial charge in [0.15, 0.2) is 0 Å². The second-order valence-electron chi connectivity index (χ2n) is 4.33. The summed E-state index contributed by atoms with van der Waals surface area (Å²) in [6.07, 6.45) is -1.28. The number of hydrogen-bond donors (Lipinski definition) is 3. The normalized spacial score (nSPS) is 16.5. The lowest BCUT2D eigenvalue weighted by atomic mass is 10.00. The van der Waals surface area contributed by atoms with Crippen LogP contribution < -0.4 is 11.1 Å². The molecule has 0 saturated heterocycles. The highest BCUT2D eigenvalue weighted by Crippen LogP contribution is 2.28. The van der Waals surface area contributed by atoms with Crippen molar-refractivity contribution in [1.82, 2.24) is 5.32 Å². The van der Waals surface area contributed by atoms with Crippen molar-refractivity contribution in [3.8, 4) is 0 Å². The average Bonchev–Trinajstić information content (AvgIpc) is 2.38. The number of halogens is 3. The SMILES string of the molecule is CC(=N)/C=C1\NC(N)=NN=C1c1ccc(Cl)cc1C(F)F. The molecule has 0 radical (unpaired) electrons. The highest BCUT2D eigenvalue weighted by Gasteiger charge is 2.22. The quantitative estimate of drug-likeness (QED) is 0.750. The third-order valence-electron chi connectivity index (χ3n) is 2.64. The lowest BCUT2D eigenvalue weighted by molar-refractivity contribution is 0.151. The van der Waals surface area contributed by atoms with Crippen molar-refractivity contribution < 1.29 is 8.78 Å². The highest BCUT2D eigenvalue weighted by molar-refractivity contribution is 6.31. The van der Waals surface area contributed by atoms with Crippen molar-refractivity contribution in [3.63, 3.8) is 0 Å². The smallest absolute Gasteiger partial charge is 0.264 e. The Bertz CT molecular complexity index is 679. The first-order valence-corrected chi connectivity index (χ1v) is 6.29. The van der Waals surface area contributed by atoms with Gasteiger partial charge in [0, 0.05) is 21.9 Å². The van der Waals surface area contributed by atoms with Crippen molar-refractivity contribution in [1.29, 1.82) is 5.41 Å². The first-order valence-electron chi connectivity index (χ1n) is 5.92. The van der Waals surface area contributed by atoms with Crippen molar-refractivity contribution in [2.45, 2.75) is 13.3 Å². The van der Waals surface area contributed by atoms with Crippen LogP contribution in [0.25, 0.3) is 0 Å². The number of benzene rings is 1. The third-order valence-corrected chi connectivity index (χ3v) is 2.88. The number of hydrogen-bond acceptors (Lipinski definition) is 5. The molecule has 1 heterocycles. The molecule has 0 amide bonds. The molecule has 0 bridgehead atoms. The first kappa shape index (κ1) is 15.1. The fourth-order valence-electron chi connectivity index (χ4n) is 1.83. The molecule has 110 valence electrons. The van der Waals surface area contributed by atoms with E-state index in [1.165, 1.54) is 24.3 Å². The number of allylic oxidation sites excluding steroid dienone is 2. The minimum Gasteiger partial charge on any atom is -0.368 e. The zero-order valence-corrected chi connectivity index (χ0v) is 11.7. The molecule has 2 rings (SSSR count). The monoisotopic (exact) mass is 311 g/mol. The van der Waals surface area contributed by atoms with Crippen LogP contribution in [0.3, 0.4) is 0 Å². The zero-order valence-electron chi connectivity index (χ0n) is 11.0. The van der Waals surface area contributed by atoms with Crippen molar-refractivity contribution in [2.24, 2.45) is 15.9 Å². The van der Waals surface area contributed by atoms with E-state index in [0.29, 0.717) is 5.70 Å². The van der Waals surface area contributed by atoms with E-state index in [9.17, 15) is 8.78 Å². The number of rotatable bonds is 3. The molecule has 1 aromatic rings. The zero-order chi connectivity index (χ0) is 15.6. The molecule has 1 aliphatic rings. The molecule has 0 unspecified atom stereocenters. The van der Waals surface area contributed by atoms with Crippen LogP contribution in [0.5, 0.6) is 0 Å². The van der Waals surface area contributed by atoms with Crippen molar-refractivity contribution >= 4 is 29.0 Å². The van der Waals surface area contributed by atoms with Gasteiger partial charge in [0.1, 0.15) is 5.71 Å². The summed E-state index contributed by atoms with van der Waals surface area (Å²) < 4.78 is 26.3. The molecule has 0 fully saturated rings. The van der Waals surface area contributed by atoms with Gasteiger partial charge in [-0.3, -0.25) is 0 Å². The molecule has 1 aliphatic heterocycles. The maximum atomic E-state index is 13.2. The number of nitrogens with one attached hydrogen (secondary N) is 2. The molecular weight excluding hydrogens is 300 g/mol. The summed E-state index contributed by atoms with van der Waals surface area (Å²) in [6.45, 7) is 1.55. The number of alkyl halides is 2. The third kappa shape index (κ3) is 3.43. The Kier molecular flexibility index (Phi) is 4.32. The lowest BCUT2D eigenvalue weighted by Crippen LogP contribution is -2.37. The van der Waals surface area contributed by atoms with Gasteiger partial charge < -0.3 is 16.5 Å². The molecule has 5 nitrogen and oxygen atoms in total. The van der Waals surface area contributed by atoms with Gasteiger partial charge >= 0.3 is 0 Å². The predicted molar refractivity (Wildman–Crippen MR) is 79.2 cm³/mol. The van der Waals surface area contributed by atoms with E-state index in [0.717, 1.165) is 0 Å². The Balaban J connectivity index is 2.60. The molecule has 21 heavy (non-hydrogen) atoms. The Morgan fingerprint density at radius 2 is 2.14 bits per heavy atom. The van der Waals surface area contributed by atoms with Gasteiger partial charge in [0.2, 0.25) is 5.96 Å². The van der Waals surface area contributed by atoms with E-state index >= 15 is 0 Å². The van der Waals surface area contributed by atoms with Crippen LogP contribution in [0.15, 0.2) is 40.2 Å². The molecule has 0 spiro atoms. The minimum absolute atomic E-state index is 0.0267. The maximum Gasteiger partial charge on any atom is 0.264 e. The van der Waals surface area contributed by atoms with Crippen LogP contribution in [0.2, 0.25) is 5.02 Å². The van der Waals surface area contributed by atoms with Crippen LogP contribution in [-0.2, 0) is 0 Å². The summed E-state index contributed by atoms with van der Waals surface area (Å²) in [5.74, 6) is 0.0267. The standard InChI is InChI=1S/C13H12ClF2N5/c1-6(17)4-10-11(20-21-13(18)19-10)8-3-2-7(14)5-9(8)12(15)16/h2-5,12,17H,1H3,(H3,18,19,21)/b10-4-,17-6?. The lowest BCUT2D eigenvalue weighted by Gasteiger charge is -2.18. The molecule has 0 atom stereocenters. The van der Waals surface area contributed by atoms with Gasteiger partial charge in [-0.2, -0.15) is 0 Å². The van der Waals surface area contributed by atoms with E-state index in [1.807, 2.05) is 0 Å². The molecule has 1 aromatic carbocycles. The van der Waals surface area contributed by atoms with Gasteiger partial charge in [-0.25, -0.2) is 8.78 Å². The highest BCUT2D eigenvalue weighted by atomic mass is 35.5. The van der Waals surface area contributed by atoms with Gasteiger partial charge in [-0.1, -0.05) is 17.7 Å². The van der Waals surface area contributed by atoms with Crippen LogP contribution in [0.1, 0.15) is 24.5 Å². The predicted octanol–water partition coefficient (Wildman–Crippen LogP) is 2.82. The fourth-order valence-corrected chi connectivity index (χ4v) is 2.01. The molecular formula is C13H12ClF2N5. The van der Waals surface area contributed by atoms with Crippen LogP contribution in [0.4, 0.5) is 8.78 Å². The first-order chi connectivity index (χ1) is 9.88. The molecule has 0 aromatic heterocycles. The Morgan fingerprint density at radius 1 is 1.43 bits per heavy atom. The molecule has 0 aliphatic carbocycles. The second-order valence-corrected chi connectivity index (χ2v) is 4.77. The van der Waals surface area contributed by atoms with Gasteiger partial charge in [0.25, 0.3) is 6.43 Å². The number of nitrogens with zero attached hydrogens (tertiary/aromatic N) is 2. The minimum atomic E-state index is -2.72. The Hall–Kier alpha value is -2.28. The van der Waals surface area contributed by atoms with Crippen molar-refractivity contribution in [2.75, 3.05) is 0 Å². The van der Waals surface area contributed by atoms with E-state index < -0.39 is 6.43 Å². The Labute approximate surface area is 124 Å². The van der Waals surface area contributed by atoms with Crippen LogP contribution in [0, 0.1) is 5.41 Å². The second kappa shape index (κ2) is 6.01. The maximum absolute atomic E-state index is 13.2. The van der Waals surface area contributed by atoms with E-state index in [4.69, 9.17) is 22.7 Å². The van der Waals surface area contributed by atoms with Gasteiger partial charge in [-0.05, 0) is 25.1 Å². The molecule has 8 heteroatoms. The largest absolute Gasteiger partial charge is 0.368 e. The summed E-state index contributed by atoms with van der Waals surface area (Å²) in [6, 6.07) is 4.11. The summed E-state index contributed by atoms with van der Waals surface area (Å²) >= 11 is 5.76. The van der Waals surface area contributed by atoms with Gasteiger partial charge in [0.05, 0.1) is 5.70 Å². The molecule has 4 N–H and O–H groups in total. The van der Waals surface area contributed by atoms with E-state index in [2.05, 4.69) is 15.5 Å². The Morgan fingerprint density at radius 3 is 2.76 bits per heavy atom. The van der Waals surface area contributed by atoms with E-state index in [1.54, 1.807) is 6.92 Å². The number of nitrogens with two attached hydrogens (primary N) is 1. The summed E-state index contributed by atoms with van der Waals surface area (Å²) in [5.41, 5.74) is 6.17. The summed E-state index contributed by atoms with van der Waals surface area (Å²) in [4.78, 5) is 0. The fraction of sp³-hybridized carbons (Fsp3) is 0.154.